The fourth-order valence-electron chi connectivity index (χ4n) is 3.28. The Labute approximate surface area is 166 Å². The van der Waals surface area contributed by atoms with Crippen molar-refractivity contribution < 1.29 is 22.8 Å². The van der Waals surface area contributed by atoms with E-state index in [4.69, 9.17) is 0 Å². The summed E-state index contributed by atoms with van der Waals surface area (Å²) in [5, 5.41) is 15.8. The number of thiophene rings is 1. The SMILES string of the molecule is CC(Cc1ccccc1)[NH2+]CCC(O)(c1ccccc1)c1cccs1.[Cl-]. The van der Waals surface area contributed by atoms with Crippen molar-refractivity contribution in [3.63, 3.8) is 0 Å². The summed E-state index contributed by atoms with van der Waals surface area (Å²) >= 11 is 1.62. The molecule has 1 heterocycles. The van der Waals surface area contributed by atoms with Crippen molar-refractivity contribution >= 4 is 11.3 Å². The van der Waals surface area contributed by atoms with E-state index in [-0.39, 0.29) is 12.4 Å². The van der Waals surface area contributed by atoms with Crippen molar-refractivity contribution in [2.24, 2.45) is 0 Å². The predicted octanol–water partition coefficient (Wildman–Crippen LogP) is 0.573. The van der Waals surface area contributed by atoms with Gasteiger partial charge in [-0.15, -0.1) is 11.3 Å². The van der Waals surface area contributed by atoms with E-state index in [1.807, 2.05) is 47.8 Å². The number of quaternary nitrogens is 1. The van der Waals surface area contributed by atoms with Crippen LogP contribution < -0.4 is 17.7 Å². The first-order valence-corrected chi connectivity index (χ1v) is 9.75. The molecule has 26 heavy (non-hydrogen) atoms. The molecule has 0 saturated heterocycles. The molecule has 138 valence electrons. The van der Waals surface area contributed by atoms with E-state index >= 15 is 0 Å². The van der Waals surface area contributed by atoms with Crippen LogP contribution in [0.15, 0.2) is 78.2 Å². The van der Waals surface area contributed by atoms with Gasteiger partial charge >= 0.3 is 0 Å². The largest absolute Gasteiger partial charge is 1.00 e. The number of nitrogens with two attached hydrogens (primary N) is 1. The second-order valence-corrected chi connectivity index (χ2v) is 7.59. The lowest BCUT2D eigenvalue weighted by Gasteiger charge is -2.27. The molecule has 0 spiro atoms. The Hall–Kier alpha value is -1.65. The Morgan fingerprint density at radius 1 is 0.962 bits per heavy atom. The van der Waals surface area contributed by atoms with Crippen LogP contribution in [-0.2, 0) is 12.0 Å². The van der Waals surface area contributed by atoms with Crippen LogP contribution in [0.5, 0.6) is 0 Å². The minimum atomic E-state index is -0.904. The third-order valence-corrected chi connectivity index (χ3v) is 5.68. The summed E-state index contributed by atoms with van der Waals surface area (Å²) in [6.45, 7) is 3.14. The molecule has 0 fully saturated rings. The average molecular weight is 388 g/mol. The fraction of sp³-hybridized carbons (Fsp3) is 0.273. The van der Waals surface area contributed by atoms with Gasteiger partial charge in [-0.1, -0.05) is 66.7 Å². The van der Waals surface area contributed by atoms with Crippen LogP contribution in [0.3, 0.4) is 0 Å². The van der Waals surface area contributed by atoms with Gasteiger partial charge in [-0.05, 0) is 29.5 Å². The first-order chi connectivity index (χ1) is 12.2. The Balaban J connectivity index is 0.00000243. The Kier molecular flexibility index (Phi) is 7.85. The van der Waals surface area contributed by atoms with Crippen LogP contribution in [0.2, 0.25) is 0 Å². The van der Waals surface area contributed by atoms with E-state index < -0.39 is 5.60 Å². The Morgan fingerprint density at radius 3 is 2.23 bits per heavy atom. The summed E-state index contributed by atoms with van der Waals surface area (Å²) < 4.78 is 0. The molecule has 0 bridgehead atoms. The highest BCUT2D eigenvalue weighted by atomic mass is 35.5. The Bertz CT molecular complexity index is 748. The maximum absolute atomic E-state index is 11.4. The summed E-state index contributed by atoms with van der Waals surface area (Å²) in [5.41, 5.74) is 1.43. The lowest BCUT2D eigenvalue weighted by Crippen LogP contribution is -3.00. The van der Waals surface area contributed by atoms with Gasteiger partial charge in [-0.2, -0.15) is 0 Å². The van der Waals surface area contributed by atoms with Crippen molar-refractivity contribution in [1.82, 2.24) is 0 Å². The summed E-state index contributed by atoms with van der Waals surface area (Å²) in [6, 6.07) is 25.1. The second-order valence-electron chi connectivity index (χ2n) is 6.64. The van der Waals surface area contributed by atoms with Gasteiger partial charge in [-0.3, -0.25) is 0 Å². The normalized spacial score (nSPS) is 14.2. The topological polar surface area (TPSA) is 36.8 Å². The first kappa shape index (κ1) is 20.7. The van der Waals surface area contributed by atoms with E-state index in [1.165, 1.54) is 5.56 Å². The van der Waals surface area contributed by atoms with E-state index in [1.54, 1.807) is 11.3 Å². The van der Waals surface area contributed by atoms with Gasteiger partial charge in [0.2, 0.25) is 0 Å². The minimum absolute atomic E-state index is 0. The molecule has 1 aromatic heterocycles. The molecule has 0 amide bonds. The maximum Gasteiger partial charge on any atom is 0.129 e. The third kappa shape index (κ3) is 5.18. The quantitative estimate of drug-likeness (QED) is 0.582. The van der Waals surface area contributed by atoms with E-state index in [2.05, 4.69) is 42.6 Å². The molecule has 0 radical (unpaired) electrons. The lowest BCUT2D eigenvalue weighted by molar-refractivity contribution is -0.687. The molecule has 2 atom stereocenters. The maximum atomic E-state index is 11.4. The van der Waals surface area contributed by atoms with Crippen molar-refractivity contribution in [3.05, 3.63) is 94.2 Å². The van der Waals surface area contributed by atoms with Crippen LogP contribution in [0.1, 0.15) is 29.3 Å². The molecular weight excluding hydrogens is 362 g/mol. The summed E-state index contributed by atoms with van der Waals surface area (Å²) in [4.78, 5) is 1.02. The molecule has 2 unspecified atom stereocenters. The molecule has 2 aromatic carbocycles. The molecule has 3 aromatic rings. The summed E-state index contributed by atoms with van der Waals surface area (Å²) in [7, 11) is 0. The van der Waals surface area contributed by atoms with Gasteiger partial charge in [0.25, 0.3) is 0 Å². The van der Waals surface area contributed by atoms with E-state index in [0.717, 1.165) is 23.4 Å². The van der Waals surface area contributed by atoms with Crippen molar-refractivity contribution in [2.75, 3.05) is 6.54 Å². The highest BCUT2D eigenvalue weighted by Crippen LogP contribution is 2.35. The van der Waals surface area contributed by atoms with Crippen LogP contribution in [0.4, 0.5) is 0 Å². The van der Waals surface area contributed by atoms with Gasteiger partial charge < -0.3 is 22.8 Å². The molecule has 0 saturated carbocycles. The number of halogens is 1. The zero-order valence-corrected chi connectivity index (χ0v) is 16.6. The molecule has 3 rings (SSSR count). The van der Waals surface area contributed by atoms with Gasteiger partial charge in [0.05, 0.1) is 12.6 Å². The number of hydrogen-bond donors (Lipinski definition) is 2. The van der Waals surface area contributed by atoms with Crippen molar-refractivity contribution in [3.8, 4) is 0 Å². The highest BCUT2D eigenvalue weighted by Gasteiger charge is 2.33. The zero-order valence-electron chi connectivity index (χ0n) is 15.0. The lowest BCUT2D eigenvalue weighted by atomic mass is 9.88. The van der Waals surface area contributed by atoms with Crippen LogP contribution in [0.25, 0.3) is 0 Å². The van der Waals surface area contributed by atoms with Gasteiger partial charge in [0.1, 0.15) is 5.60 Å². The van der Waals surface area contributed by atoms with Crippen LogP contribution in [0, 0.1) is 0 Å². The van der Waals surface area contributed by atoms with Gasteiger partial charge in [0.15, 0.2) is 0 Å². The summed E-state index contributed by atoms with van der Waals surface area (Å²) in [6.07, 6.45) is 1.75. The number of benzene rings is 2. The van der Waals surface area contributed by atoms with Gasteiger partial charge in [-0.25, -0.2) is 0 Å². The predicted molar refractivity (Wildman–Crippen MR) is 105 cm³/mol. The molecular formula is C22H26ClNOS. The minimum Gasteiger partial charge on any atom is -1.00 e. The number of hydrogen-bond acceptors (Lipinski definition) is 2. The fourth-order valence-corrected chi connectivity index (χ4v) is 4.16. The summed E-state index contributed by atoms with van der Waals surface area (Å²) in [5.74, 6) is 0. The molecule has 4 heteroatoms. The average Bonchev–Trinajstić information content (AvgIpc) is 3.18. The molecule has 0 aliphatic carbocycles. The molecule has 3 N–H and O–H groups in total. The monoisotopic (exact) mass is 387 g/mol. The van der Waals surface area contributed by atoms with Gasteiger partial charge in [0, 0.05) is 17.7 Å². The van der Waals surface area contributed by atoms with Crippen molar-refractivity contribution in [1.29, 1.82) is 0 Å². The van der Waals surface area contributed by atoms with Crippen LogP contribution >= 0.6 is 11.3 Å². The molecule has 0 aliphatic rings. The number of aliphatic hydroxyl groups is 1. The number of rotatable bonds is 8. The molecule has 2 nitrogen and oxygen atoms in total. The Morgan fingerprint density at radius 2 is 1.62 bits per heavy atom. The standard InChI is InChI=1S/C22H25NOS.ClH/c1-18(17-19-9-4-2-5-10-19)23-15-14-22(24,21-13-8-16-25-21)20-11-6-3-7-12-20;/h2-13,16,18,23-24H,14-15,17H2,1H3;1H. The van der Waals surface area contributed by atoms with Crippen molar-refractivity contribution in [2.45, 2.75) is 31.4 Å². The third-order valence-electron chi connectivity index (χ3n) is 4.66. The second kappa shape index (κ2) is 9.89. The first-order valence-electron chi connectivity index (χ1n) is 8.87. The van der Waals surface area contributed by atoms with E-state index in [9.17, 15) is 5.11 Å². The highest BCUT2D eigenvalue weighted by molar-refractivity contribution is 7.10. The molecule has 0 aliphatic heterocycles. The zero-order chi connectivity index (χ0) is 17.5. The van der Waals surface area contributed by atoms with E-state index in [0.29, 0.717) is 12.5 Å². The smallest absolute Gasteiger partial charge is 0.129 e. The van der Waals surface area contributed by atoms with Crippen LogP contribution in [-0.4, -0.2) is 17.7 Å².